The van der Waals surface area contributed by atoms with Crippen LogP contribution in [0.25, 0.3) is 11.3 Å². The third kappa shape index (κ3) is 4.95. The molecule has 0 bridgehead atoms. The first-order chi connectivity index (χ1) is 13.3. The zero-order chi connectivity index (χ0) is 20.3. The van der Waals surface area contributed by atoms with Gasteiger partial charge in [-0.05, 0) is 44.2 Å². The molecular weight excluding hydrogens is 396 g/mol. The second-order valence-corrected chi connectivity index (χ2v) is 9.67. The lowest BCUT2D eigenvalue weighted by Crippen LogP contribution is -2.09. The molecule has 8 heteroatoms. The molecule has 28 heavy (non-hydrogen) atoms. The SMILES string of the molecule is CC(C)Oc1ccc(S(C)(=O)=O)cc1Cc1nc(-c2ccc(CO)nc2)cs1. The van der Waals surface area contributed by atoms with Gasteiger partial charge in [-0.25, -0.2) is 13.4 Å². The summed E-state index contributed by atoms with van der Waals surface area (Å²) in [6.07, 6.45) is 3.32. The van der Waals surface area contributed by atoms with Crippen LogP contribution in [-0.2, 0) is 22.9 Å². The summed E-state index contributed by atoms with van der Waals surface area (Å²) in [6.45, 7) is 3.76. The van der Waals surface area contributed by atoms with E-state index in [9.17, 15) is 8.42 Å². The second-order valence-electron chi connectivity index (χ2n) is 6.71. The summed E-state index contributed by atoms with van der Waals surface area (Å²) in [5.74, 6) is 0.660. The Bertz CT molecular complexity index is 1060. The number of pyridine rings is 1. The molecule has 0 fully saturated rings. The van der Waals surface area contributed by atoms with Gasteiger partial charge in [0.25, 0.3) is 0 Å². The third-order valence-electron chi connectivity index (χ3n) is 4.00. The normalized spacial score (nSPS) is 11.8. The second kappa shape index (κ2) is 8.38. The van der Waals surface area contributed by atoms with E-state index in [4.69, 9.17) is 9.84 Å². The highest BCUT2D eigenvalue weighted by Crippen LogP contribution is 2.29. The molecule has 0 aliphatic carbocycles. The number of aliphatic hydroxyl groups is 1. The fourth-order valence-electron chi connectivity index (χ4n) is 2.65. The summed E-state index contributed by atoms with van der Waals surface area (Å²) in [5, 5.41) is 11.9. The molecule has 0 amide bonds. The van der Waals surface area contributed by atoms with Gasteiger partial charge in [0.1, 0.15) is 5.75 Å². The minimum atomic E-state index is -3.31. The quantitative estimate of drug-likeness (QED) is 0.632. The van der Waals surface area contributed by atoms with Gasteiger partial charge in [-0.3, -0.25) is 4.98 Å². The zero-order valence-electron chi connectivity index (χ0n) is 15.9. The van der Waals surface area contributed by atoms with Gasteiger partial charge in [0, 0.05) is 35.4 Å². The molecule has 0 radical (unpaired) electrons. The summed E-state index contributed by atoms with van der Waals surface area (Å²) < 4.78 is 29.7. The van der Waals surface area contributed by atoms with Crippen molar-refractivity contribution in [2.75, 3.05) is 6.26 Å². The highest BCUT2D eigenvalue weighted by Gasteiger charge is 2.15. The first kappa shape index (κ1) is 20.4. The van der Waals surface area contributed by atoms with Crippen LogP contribution in [-0.4, -0.2) is 35.9 Å². The van der Waals surface area contributed by atoms with E-state index in [1.165, 1.54) is 17.6 Å². The molecule has 0 saturated carbocycles. The smallest absolute Gasteiger partial charge is 0.175 e. The minimum absolute atomic E-state index is 0.0224. The number of aromatic nitrogens is 2. The van der Waals surface area contributed by atoms with E-state index in [1.54, 1.807) is 30.5 Å². The van der Waals surface area contributed by atoms with Crippen molar-refractivity contribution in [1.82, 2.24) is 9.97 Å². The maximum Gasteiger partial charge on any atom is 0.175 e. The monoisotopic (exact) mass is 418 g/mol. The molecule has 1 aromatic carbocycles. The predicted octanol–water partition coefficient (Wildman–Crippen LogP) is 3.48. The molecule has 6 nitrogen and oxygen atoms in total. The Morgan fingerprint density at radius 1 is 1.21 bits per heavy atom. The van der Waals surface area contributed by atoms with E-state index >= 15 is 0 Å². The van der Waals surface area contributed by atoms with Crippen molar-refractivity contribution in [3.63, 3.8) is 0 Å². The Morgan fingerprint density at radius 2 is 2.00 bits per heavy atom. The highest BCUT2D eigenvalue weighted by molar-refractivity contribution is 7.90. The lowest BCUT2D eigenvalue weighted by molar-refractivity contribution is 0.240. The van der Waals surface area contributed by atoms with Gasteiger partial charge in [-0.2, -0.15) is 0 Å². The summed E-state index contributed by atoms with van der Waals surface area (Å²) in [7, 11) is -3.31. The van der Waals surface area contributed by atoms with Crippen LogP contribution in [0.3, 0.4) is 0 Å². The number of benzene rings is 1. The number of ether oxygens (including phenoxy) is 1. The number of rotatable bonds is 7. The van der Waals surface area contributed by atoms with Crippen LogP contribution in [0, 0.1) is 0 Å². The Labute approximate surface area is 168 Å². The molecule has 0 aliphatic rings. The molecule has 0 spiro atoms. The maximum atomic E-state index is 11.9. The third-order valence-corrected chi connectivity index (χ3v) is 5.96. The minimum Gasteiger partial charge on any atom is -0.491 e. The van der Waals surface area contributed by atoms with Crippen molar-refractivity contribution in [3.8, 4) is 17.0 Å². The molecule has 0 aliphatic heterocycles. The number of hydrogen-bond donors (Lipinski definition) is 1. The Kier molecular flexibility index (Phi) is 6.12. The van der Waals surface area contributed by atoms with Crippen molar-refractivity contribution < 1.29 is 18.3 Å². The molecular formula is C20H22N2O4S2. The molecule has 2 aromatic heterocycles. The molecule has 0 unspecified atom stereocenters. The first-order valence-corrected chi connectivity index (χ1v) is 11.5. The fourth-order valence-corrected chi connectivity index (χ4v) is 4.15. The van der Waals surface area contributed by atoms with Crippen LogP contribution < -0.4 is 4.74 Å². The van der Waals surface area contributed by atoms with Crippen molar-refractivity contribution in [2.24, 2.45) is 0 Å². The van der Waals surface area contributed by atoms with Crippen molar-refractivity contribution in [2.45, 2.75) is 37.9 Å². The molecule has 3 aromatic rings. The Balaban J connectivity index is 1.90. The van der Waals surface area contributed by atoms with Gasteiger partial charge >= 0.3 is 0 Å². The Hall–Kier alpha value is -2.29. The fraction of sp³-hybridized carbons (Fsp3) is 0.300. The summed E-state index contributed by atoms with van der Waals surface area (Å²) in [5.41, 5.74) is 3.05. The van der Waals surface area contributed by atoms with Crippen LogP contribution >= 0.6 is 11.3 Å². The number of thiazole rings is 1. The first-order valence-electron chi connectivity index (χ1n) is 8.76. The van der Waals surface area contributed by atoms with Crippen LogP contribution in [0.4, 0.5) is 0 Å². The van der Waals surface area contributed by atoms with Crippen LogP contribution in [0.1, 0.15) is 30.1 Å². The van der Waals surface area contributed by atoms with Gasteiger partial charge in [0.2, 0.25) is 0 Å². The number of nitrogens with zero attached hydrogens (tertiary/aromatic N) is 2. The van der Waals surface area contributed by atoms with Gasteiger partial charge < -0.3 is 9.84 Å². The summed E-state index contributed by atoms with van der Waals surface area (Å²) >= 11 is 1.50. The summed E-state index contributed by atoms with van der Waals surface area (Å²) in [6, 6.07) is 8.56. The standard InChI is InChI=1S/C20H22N2O4S2/c1-13(2)26-19-7-6-17(28(3,24)25)8-15(19)9-20-22-18(12-27-20)14-4-5-16(11-23)21-10-14/h4-8,10,12-13,23H,9,11H2,1-3H3. The van der Waals surface area contributed by atoms with Gasteiger partial charge in [-0.15, -0.1) is 11.3 Å². The highest BCUT2D eigenvalue weighted by atomic mass is 32.2. The van der Waals surface area contributed by atoms with E-state index < -0.39 is 9.84 Å². The average molecular weight is 419 g/mol. The molecule has 1 N–H and O–H groups in total. The number of sulfone groups is 1. The topological polar surface area (TPSA) is 89.4 Å². The molecule has 2 heterocycles. The van der Waals surface area contributed by atoms with Gasteiger partial charge in [-0.1, -0.05) is 0 Å². The zero-order valence-corrected chi connectivity index (χ0v) is 17.5. The number of aliphatic hydroxyl groups excluding tert-OH is 1. The molecule has 148 valence electrons. The van der Waals surface area contributed by atoms with E-state index in [0.29, 0.717) is 17.9 Å². The predicted molar refractivity (Wildman–Crippen MR) is 109 cm³/mol. The number of hydrogen-bond acceptors (Lipinski definition) is 7. The van der Waals surface area contributed by atoms with Crippen molar-refractivity contribution in [3.05, 3.63) is 58.2 Å². The van der Waals surface area contributed by atoms with Gasteiger partial charge in [0.05, 0.1) is 34.0 Å². The van der Waals surface area contributed by atoms with E-state index in [1.807, 2.05) is 25.3 Å². The average Bonchev–Trinajstić information content (AvgIpc) is 3.10. The molecule has 3 rings (SSSR count). The Morgan fingerprint density at radius 3 is 2.61 bits per heavy atom. The molecule has 0 atom stereocenters. The largest absolute Gasteiger partial charge is 0.491 e. The van der Waals surface area contributed by atoms with Crippen LogP contribution in [0.15, 0.2) is 46.8 Å². The van der Waals surface area contributed by atoms with Gasteiger partial charge in [0.15, 0.2) is 9.84 Å². The van der Waals surface area contributed by atoms with E-state index in [-0.39, 0.29) is 17.6 Å². The maximum absolute atomic E-state index is 11.9. The van der Waals surface area contributed by atoms with Crippen LogP contribution in [0.5, 0.6) is 5.75 Å². The molecule has 0 saturated heterocycles. The lowest BCUT2D eigenvalue weighted by atomic mass is 10.1. The van der Waals surface area contributed by atoms with E-state index in [0.717, 1.165) is 21.8 Å². The summed E-state index contributed by atoms with van der Waals surface area (Å²) in [4.78, 5) is 9.10. The van der Waals surface area contributed by atoms with E-state index in [2.05, 4.69) is 9.97 Å². The lowest BCUT2D eigenvalue weighted by Gasteiger charge is -2.14. The van der Waals surface area contributed by atoms with Crippen LogP contribution in [0.2, 0.25) is 0 Å². The van der Waals surface area contributed by atoms with Crippen molar-refractivity contribution >= 4 is 21.2 Å². The van der Waals surface area contributed by atoms with Crippen molar-refractivity contribution in [1.29, 1.82) is 0 Å².